The Labute approximate surface area is 108 Å². The van der Waals surface area contributed by atoms with E-state index in [0.29, 0.717) is 19.0 Å². The van der Waals surface area contributed by atoms with Gasteiger partial charge in [-0.05, 0) is 31.6 Å². The van der Waals surface area contributed by atoms with Gasteiger partial charge in [0.2, 0.25) is 11.8 Å². The predicted molar refractivity (Wildman–Crippen MR) is 68.7 cm³/mol. The number of carbonyl (C=O) groups is 2. The van der Waals surface area contributed by atoms with Crippen LogP contribution in [0.25, 0.3) is 0 Å². The number of rotatable bonds is 1. The number of hydrogen-bond acceptors (Lipinski definition) is 3. The van der Waals surface area contributed by atoms with Gasteiger partial charge in [-0.3, -0.25) is 9.59 Å². The molecule has 102 valence electrons. The third-order valence-corrected chi connectivity index (χ3v) is 4.13. The normalized spacial score (nSPS) is 33.8. The smallest absolute Gasteiger partial charge is 0.239 e. The lowest BCUT2D eigenvalue weighted by atomic mass is 9.77. The van der Waals surface area contributed by atoms with Crippen LogP contribution in [0, 0.1) is 11.8 Å². The summed E-state index contributed by atoms with van der Waals surface area (Å²) in [6, 6.07) is 0.135. The van der Waals surface area contributed by atoms with Crippen molar-refractivity contribution in [1.29, 1.82) is 0 Å². The van der Waals surface area contributed by atoms with Gasteiger partial charge < -0.3 is 16.0 Å². The van der Waals surface area contributed by atoms with Crippen LogP contribution in [0.3, 0.4) is 0 Å². The standard InChI is InChI=1S/C13H23N3O2/c1-9-3-4-10(14)7-11(9)13(18)16-6-2-5-15-12(17)8-16/h9-11H,2-8,14H2,1H3,(H,15,17). The first-order chi connectivity index (χ1) is 8.58. The molecule has 1 saturated heterocycles. The number of nitrogens with two attached hydrogens (primary N) is 1. The van der Waals surface area contributed by atoms with E-state index in [9.17, 15) is 9.59 Å². The lowest BCUT2D eigenvalue weighted by Crippen LogP contribution is -2.45. The van der Waals surface area contributed by atoms with Gasteiger partial charge >= 0.3 is 0 Å². The molecule has 1 aliphatic carbocycles. The van der Waals surface area contributed by atoms with Crippen molar-refractivity contribution in [3.63, 3.8) is 0 Å². The molecule has 2 fully saturated rings. The van der Waals surface area contributed by atoms with Crippen LogP contribution in [0.5, 0.6) is 0 Å². The number of amides is 2. The average Bonchev–Trinajstić information content (AvgIpc) is 2.56. The highest BCUT2D eigenvalue weighted by Gasteiger charge is 2.34. The van der Waals surface area contributed by atoms with E-state index in [2.05, 4.69) is 12.2 Å². The van der Waals surface area contributed by atoms with E-state index in [1.165, 1.54) is 0 Å². The van der Waals surface area contributed by atoms with E-state index < -0.39 is 0 Å². The molecule has 1 heterocycles. The SMILES string of the molecule is CC1CCC(N)CC1C(=O)N1CCCNC(=O)C1. The number of nitrogens with zero attached hydrogens (tertiary/aromatic N) is 1. The number of hydrogen-bond donors (Lipinski definition) is 2. The molecule has 18 heavy (non-hydrogen) atoms. The van der Waals surface area contributed by atoms with Gasteiger partial charge in [0.1, 0.15) is 0 Å². The van der Waals surface area contributed by atoms with Gasteiger partial charge in [-0.2, -0.15) is 0 Å². The van der Waals surface area contributed by atoms with Crippen molar-refractivity contribution in [3.05, 3.63) is 0 Å². The van der Waals surface area contributed by atoms with E-state index in [-0.39, 0.29) is 30.3 Å². The summed E-state index contributed by atoms with van der Waals surface area (Å²) in [4.78, 5) is 25.7. The summed E-state index contributed by atoms with van der Waals surface area (Å²) in [5, 5.41) is 2.79. The molecule has 0 spiro atoms. The van der Waals surface area contributed by atoms with E-state index in [1.54, 1.807) is 4.90 Å². The first-order valence-corrected chi connectivity index (χ1v) is 6.89. The van der Waals surface area contributed by atoms with E-state index in [4.69, 9.17) is 5.73 Å². The molecule has 3 unspecified atom stereocenters. The molecule has 2 rings (SSSR count). The van der Waals surface area contributed by atoms with Crippen molar-refractivity contribution in [2.75, 3.05) is 19.6 Å². The Bertz CT molecular complexity index is 332. The second-order valence-electron chi connectivity index (χ2n) is 5.62. The Kier molecular flexibility index (Phi) is 4.22. The van der Waals surface area contributed by atoms with Crippen LogP contribution in [0.1, 0.15) is 32.6 Å². The fourth-order valence-corrected chi connectivity index (χ4v) is 2.93. The maximum absolute atomic E-state index is 12.5. The lowest BCUT2D eigenvalue weighted by molar-refractivity contribution is -0.141. The maximum atomic E-state index is 12.5. The third kappa shape index (κ3) is 3.02. The first-order valence-electron chi connectivity index (χ1n) is 6.89. The van der Waals surface area contributed by atoms with Crippen molar-refractivity contribution in [2.24, 2.45) is 17.6 Å². The van der Waals surface area contributed by atoms with Crippen molar-refractivity contribution in [2.45, 2.75) is 38.6 Å². The van der Waals surface area contributed by atoms with Crippen molar-refractivity contribution < 1.29 is 9.59 Å². The van der Waals surface area contributed by atoms with Crippen LogP contribution in [-0.2, 0) is 9.59 Å². The maximum Gasteiger partial charge on any atom is 0.239 e. The average molecular weight is 253 g/mol. The summed E-state index contributed by atoms with van der Waals surface area (Å²) < 4.78 is 0. The molecule has 5 nitrogen and oxygen atoms in total. The van der Waals surface area contributed by atoms with Crippen LogP contribution >= 0.6 is 0 Å². The van der Waals surface area contributed by atoms with Crippen molar-refractivity contribution >= 4 is 11.8 Å². The second-order valence-corrected chi connectivity index (χ2v) is 5.62. The van der Waals surface area contributed by atoms with E-state index in [0.717, 1.165) is 25.7 Å². The number of nitrogens with one attached hydrogen (secondary N) is 1. The molecule has 1 aliphatic heterocycles. The summed E-state index contributed by atoms with van der Waals surface area (Å²) in [6.07, 6.45) is 3.62. The predicted octanol–water partition coefficient (Wildman–Crippen LogP) is 0.0984. The van der Waals surface area contributed by atoms with E-state index >= 15 is 0 Å². The van der Waals surface area contributed by atoms with Gasteiger partial charge in [0.05, 0.1) is 6.54 Å². The van der Waals surface area contributed by atoms with E-state index in [1.807, 2.05) is 0 Å². The van der Waals surface area contributed by atoms with Gasteiger partial charge in [0, 0.05) is 25.0 Å². The molecule has 0 aromatic rings. The molecular weight excluding hydrogens is 230 g/mol. The fourth-order valence-electron chi connectivity index (χ4n) is 2.93. The monoisotopic (exact) mass is 253 g/mol. The molecule has 0 radical (unpaired) electrons. The summed E-state index contributed by atoms with van der Waals surface area (Å²) >= 11 is 0. The highest BCUT2D eigenvalue weighted by molar-refractivity contribution is 5.86. The molecule has 3 atom stereocenters. The molecule has 5 heteroatoms. The Morgan fingerprint density at radius 3 is 3.00 bits per heavy atom. The number of carbonyl (C=O) groups excluding carboxylic acids is 2. The molecule has 1 saturated carbocycles. The summed E-state index contributed by atoms with van der Waals surface area (Å²) in [5.74, 6) is 0.451. The summed E-state index contributed by atoms with van der Waals surface area (Å²) in [5.41, 5.74) is 5.96. The molecule has 2 amide bonds. The molecular formula is C13H23N3O2. The topological polar surface area (TPSA) is 75.4 Å². The zero-order valence-electron chi connectivity index (χ0n) is 11.0. The van der Waals surface area contributed by atoms with Gasteiger partial charge in [-0.25, -0.2) is 0 Å². The van der Waals surface area contributed by atoms with Gasteiger partial charge in [0.15, 0.2) is 0 Å². The van der Waals surface area contributed by atoms with Crippen LogP contribution < -0.4 is 11.1 Å². The second kappa shape index (κ2) is 5.69. The summed E-state index contributed by atoms with van der Waals surface area (Å²) in [6.45, 7) is 3.67. The zero-order valence-corrected chi connectivity index (χ0v) is 11.0. The molecule has 0 aromatic heterocycles. The van der Waals surface area contributed by atoms with Gasteiger partial charge in [-0.15, -0.1) is 0 Å². The Balaban J connectivity index is 2.02. The minimum Gasteiger partial charge on any atom is -0.354 e. The molecule has 2 aliphatic rings. The van der Waals surface area contributed by atoms with Crippen LogP contribution in [0.2, 0.25) is 0 Å². The lowest BCUT2D eigenvalue weighted by Gasteiger charge is -2.34. The Morgan fingerprint density at radius 1 is 1.44 bits per heavy atom. The first kappa shape index (κ1) is 13.3. The quantitative estimate of drug-likeness (QED) is 0.696. The van der Waals surface area contributed by atoms with Crippen LogP contribution in [0.15, 0.2) is 0 Å². The highest BCUT2D eigenvalue weighted by Crippen LogP contribution is 2.30. The van der Waals surface area contributed by atoms with Crippen LogP contribution in [0.4, 0.5) is 0 Å². The third-order valence-electron chi connectivity index (χ3n) is 4.13. The molecule has 3 N–H and O–H groups in total. The zero-order chi connectivity index (χ0) is 13.1. The molecule has 0 aromatic carbocycles. The van der Waals surface area contributed by atoms with Gasteiger partial charge in [0.25, 0.3) is 0 Å². The minimum atomic E-state index is -0.0476. The van der Waals surface area contributed by atoms with Crippen LogP contribution in [-0.4, -0.2) is 42.4 Å². The fraction of sp³-hybridized carbons (Fsp3) is 0.846. The van der Waals surface area contributed by atoms with Gasteiger partial charge in [-0.1, -0.05) is 6.92 Å². The Morgan fingerprint density at radius 2 is 2.22 bits per heavy atom. The highest BCUT2D eigenvalue weighted by atomic mass is 16.2. The molecule has 0 bridgehead atoms. The minimum absolute atomic E-state index is 0.000324. The van der Waals surface area contributed by atoms with Crippen molar-refractivity contribution in [1.82, 2.24) is 10.2 Å². The van der Waals surface area contributed by atoms with Crippen molar-refractivity contribution in [3.8, 4) is 0 Å². The Hall–Kier alpha value is -1.10. The largest absolute Gasteiger partial charge is 0.354 e. The summed E-state index contributed by atoms with van der Waals surface area (Å²) in [7, 11) is 0.